The maximum atomic E-state index is 12.2. The van der Waals surface area contributed by atoms with E-state index in [0.717, 1.165) is 0 Å². The number of carboxylic acid groups (broad SMARTS) is 1. The topological polar surface area (TPSA) is 78.9 Å². The predicted molar refractivity (Wildman–Crippen MR) is 80.9 cm³/mol. The molecular weight excluding hydrogens is 272 g/mol. The molecule has 1 aromatic rings. The van der Waals surface area contributed by atoms with Crippen LogP contribution in [0.4, 0.5) is 10.5 Å². The number of benzene rings is 1. The number of rotatable bonds is 7. The first-order valence-corrected chi connectivity index (χ1v) is 6.97. The molecule has 1 rings (SSSR count). The second-order valence-corrected chi connectivity index (χ2v) is 4.54. The van der Waals surface area contributed by atoms with Gasteiger partial charge in [0.15, 0.2) is 0 Å². The normalized spacial score (nSPS) is 10.2. The van der Waals surface area contributed by atoms with Gasteiger partial charge in [-0.05, 0) is 44.5 Å². The number of carbonyl (C=O) groups is 2. The highest BCUT2D eigenvalue weighted by atomic mass is 16.5. The molecule has 0 unspecified atom stereocenters. The van der Waals surface area contributed by atoms with Crippen molar-refractivity contribution in [3.05, 3.63) is 29.3 Å². The molecule has 0 fully saturated rings. The molecule has 6 nitrogen and oxygen atoms in total. The van der Waals surface area contributed by atoms with E-state index < -0.39 is 5.97 Å². The van der Waals surface area contributed by atoms with Crippen molar-refractivity contribution in [2.75, 3.05) is 31.6 Å². The Balaban J connectivity index is 2.70. The summed E-state index contributed by atoms with van der Waals surface area (Å²) in [5.41, 5.74) is 1.53. The largest absolute Gasteiger partial charge is 0.478 e. The molecule has 0 atom stereocenters. The third kappa shape index (κ3) is 5.07. The Hall–Kier alpha value is -2.08. The van der Waals surface area contributed by atoms with Crippen LogP contribution in [-0.4, -0.2) is 48.3 Å². The van der Waals surface area contributed by atoms with Crippen molar-refractivity contribution in [3.63, 3.8) is 0 Å². The summed E-state index contributed by atoms with van der Waals surface area (Å²) in [6, 6.07) is 4.39. The molecule has 6 heteroatoms. The first kappa shape index (κ1) is 17.0. The minimum atomic E-state index is -0.983. The van der Waals surface area contributed by atoms with Crippen LogP contribution in [0.25, 0.3) is 0 Å². The van der Waals surface area contributed by atoms with Gasteiger partial charge >= 0.3 is 12.0 Å². The van der Waals surface area contributed by atoms with Crippen LogP contribution in [-0.2, 0) is 4.74 Å². The molecule has 0 aliphatic rings. The second kappa shape index (κ2) is 8.26. The smallest absolute Gasteiger partial charge is 0.335 e. The fraction of sp³-hybridized carbons (Fsp3) is 0.467. The van der Waals surface area contributed by atoms with Crippen LogP contribution >= 0.6 is 0 Å². The summed E-state index contributed by atoms with van der Waals surface area (Å²) in [6.07, 6.45) is 0. The molecule has 0 saturated carbocycles. The molecule has 0 radical (unpaired) electrons. The van der Waals surface area contributed by atoms with Crippen molar-refractivity contribution in [1.29, 1.82) is 0 Å². The van der Waals surface area contributed by atoms with E-state index in [4.69, 9.17) is 9.84 Å². The lowest BCUT2D eigenvalue weighted by atomic mass is 10.1. The van der Waals surface area contributed by atoms with E-state index in [1.54, 1.807) is 17.9 Å². The molecule has 1 aromatic carbocycles. The number of carboxylic acids is 1. The molecule has 21 heavy (non-hydrogen) atoms. The van der Waals surface area contributed by atoms with Gasteiger partial charge in [0, 0.05) is 25.4 Å². The minimum Gasteiger partial charge on any atom is -0.478 e. The van der Waals surface area contributed by atoms with Crippen molar-refractivity contribution >= 4 is 17.7 Å². The average Bonchev–Trinajstić information content (AvgIpc) is 2.45. The molecule has 0 aromatic heterocycles. The van der Waals surface area contributed by atoms with Gasteiger partial charge in [-0.1, -0.05) is 0 Å². The van der Waals surface area contributed by atoms with Crippen molar-refractivity contribution in [2.24, 2.45) is 0 Å². The Kier molecular flexibility index (Phi) is 6.68. The Morgan fingerprint density at radius 1 is 1.33 bits per heavy atom. The molecule has 0 saturated heterocycles. The number of hydrogen-bond donors (Lipinski definition) is 2. The van der Waals surface area contributed by atoms with Gasteiger partial charge in [0.25, 0.3) is 0 Å². The highest BCUT2D eigenvalue weighted by Gasteiger charge is 2.13. The molecule has 0 aliphatic heterocycles. The zero-order valence-corrected chi connectivity index (χ0v) is 12.7. The van der Waals surface area contributed by atoms with Crippen molar-refractivity contribution in [2.45, 2.75) is 20.8 Å². The minimum absolute atomic E-state index is 0.203. The number of anilines is 1. The Morgan fingerprint density at radius 3 is 2.57 bits per heavy atom. The van der Waals surface area contributed by atoms with Crippen LogP contribution in [0.3, 0.4) is 0 Å². The van der Waals surface area contributed by atoms with Crippen molar-refractivity contribution < 1.29 is 19.4 Å². The lowest BCUT2D eigenvalue weighted by molar-refractivity contribution is 0.0697. The lowest BCUT2D eigenvalue weighted by Gasteiger charge is -2.21. The monoisotopic (exact) mass is 294 g/mol. The summed E-state index contributed by atoms with van der Waals surface area (Å²) in [5, 5.41) is 11.7. The van der Waals surface area contributed by atoms with E-state index in [-0.39, 0.29) is 11.6 Å². The van der Waals surface area contributed by atoms with Gasteiger partial charge in [0.05, 0.1) is 12.2 Å². The van der Waals surface area contributed by atoms with E-state index in [0.29, 0.717) is 37.6 Å². The van der Waals surface area contributed by atoms with Gasteiger partial charge in [-0.3, -0.25) is 0 Å². The number of likely N-dealkylation sites (N-methyl/N-ethyl adjacent to an activating group) is 1. The fourth-order valence-electron chi connectivity index (χ4n) is 1.85. The quantitative estimate of drug-likeness (QED) is 0.758. The summed E-state index contributed by atoms with van der Waals surface area (Å²) < 4.78 is 5.25. The van der Waals surface area contributed by atoms with Crippen LogP contribution in [0, 0.1) is 6.92 Å². The summed E-state index contributed by atoms with van der Waals surface area (Å²) in [5.74, 6) is -0.983. The van der Waals surface area contributed by atoms with Gasteiger partial charge in [0.1, 0.15) is 0 Å². The molecule has 2 N–H and O–H groups in total. The lowest BCUT2D eigenvalue weighted by Crippen LogP contribution is -2.37. The van der Waals surface area contributed by atoms with Gasteiger partial charge in [-0.25, -0.2) is 9.59 Å². The molecule has 0 aliphatic carbocycles. The molecule has 116 valence electrons. The maximum Gasteiger partial charge on any atom is 0.335 e. The standard InChI is InChI=1S/C15H22N2O4/c1-4-17(8-9-21-5-2)15(20)16-13-7-6-12(14(18)19)10-11(13)3/h6-7,10H,4-5,8-9H2,1-3H3,(H,16,20)(H,18,19). The van der Waals surface area contributed by atoms with Crippen LogP contribution in [0.1, 0.15) is 29.8 Å². The fourth-order valence-corrected chi connectivity index (χ4v) is 1.85. The summed E-state index contributed by atoms with van der Waals surface area (Å²) >= 11 is 0. The van der Waals surface area contributed by atoms with E-state index in [1.165, 1.54) is 12.1 Å². The van der Waals surface area contributed by atoms with Crippen LogP contribution in [0.2, 0.25) is 0 Å². The van der Waals surface area contributed by atoms with Crippen LogP contribution < -0.4 is 5.32 Å². The van der Waals surface area contributed by atoms with E-state index in [9.17, 15) is 9.59 Å². The maximum absolute atomic E-state index is 12.2. The summed E-state index contributed by atoms with van der Waals surface area (Å²) in [6.45, 7) is 7.77. The zero-order chi connectivity index (χ0) is 15.8. The SMILES string of the molecule is CCOCCN(CC)C(=O)Nc1ccc(C(=O)O)cc1C. The second-order valence-electron chi connectivity index (χ2n) is 4.54. The molecule has 0 heterocycles. The molecule has 2 amide bonds. The highest BCUT2D eigenvalue weighted by Crippen LogP contribution is 2.17. The van der Waals surface area contributed by atoms with E-state index in [2.05, 4.69) is 5.32 Å². The number of amides is 2. The number of urea groups is 1. The molecule has 0 spiro atoms. The molecular formula is C15H22N2O4. The van der Waals surface area contributed by atoms with Gasteiger partial charge in [0.2, 0.25) is 0 Å². The van der Waals surface area contributed by atoms with Gasteiger partial charge in [-0.15, -0.1) is 0 Å². The average molecular weight is 294 g/mol. The van der Waals surface area contributed by atoms with E-state index in [1.807, 2.05) is 13.8 Å². The number of nitrogens with zero attached hydrogens (tertiary/aromatic N) is 1. The number of carbonyl (C=O) groups excluding carboxylic acids is 1. The van der Waals surface area contributed by atoms with Crippen molar-refractivity contribution in [1.82, 2.24) is 4.90 Å². The number of aromatic carboxylic acids is 1. The number of hydrogen-bond acceptors (Lipinski definition) is 3. The number of nitrogens with one attached hydrogen (secondary N) is 1. The summed E-state index contributed by atoms with van der Waals surface area (Å²) in [7, 11) is 0. The highest BCUT2D eigenvalue weighted by molar-refractivity contribution is 5.92. The predicted octanol–water partition coefficient (Wildman–Crippen LogP) is 2.58. The van der Waals surface area contributed by atoms with Crippen molar-refractivity contribution in [3.8, 4) is 0 Å². The molecule has 0 bridgehead atoms. The summed E-state index contributed by atoms with van der Waals surface area (Å²) in [4.78, 5) is 24.7. The Labute approximate surface area is 124 Å². The van der Waals surface area contributed by atoms with Crippen LogP contribution in [0.5, 0.6) is 0 Å². The van der Waals surface area contributed by atoms with Crippen LogP contribution in [0.15, 0.2) is 18.2 Å². The third-order valence-electron chi connectivity index (χ3n) is 3.09. The van der Waals surface area contributed by atoms with Gasteiger partial charge < -0.3 is 20.1 Å². The zero-order valence-electron chi connectivity index (χ0n) is 12.7. The number of ether oxygens (including phenoxy) is 1. The first-order chi connectivity index (χ1) is 9.99. The number of aryl methyl sites for hydroxylation is 1. The van der Waals surface area contributed by atoms with E-state index >= 15 is 0 Å². The third-order valence-corrected chi connectivity index (χ3v) is 3.09. The Bertz CT molecular complexity index is 502. The van der Waals surface area contributed by atoms with Gasteiger partial charge in [-0.2, -0.15) is 0 Å². The first-order valence-electron chi connectivity index (χ1n) is 6.97. The Morgan fingerprint density at radius 2 is 2.05 bits per heavy atom.